The molecule has 0 fully saturated rings. The fraction of sp³-hybridized carbons (Fsp3) is 0.471. The molecule has 1 aromatic carbocycles. The Morgan fingerprint density at radius 1 is 1.00 bits per heavy atom. The van der Waals surface area contributed by atoms with Crippen molar-refractivity contribution in [2.45, 2.75) is 52.9 Å². The Morgan fingerprint density at radius 2 is 1.83 bits per heavy atom. The number of nitrogens with zero attached hydrogens (tertiary/aromatic N) is 1. The van der Waals surface area contributed by atoms with E-state index in [1.165, 1.54) is 41.5 Å². The number of hydrogen-bond acceptors (Lipinski definition) is 1. The van der Waals surface area contributed by atoms with E-state index in [0.29, 0.717) is 0 Å². The first-order valence-electron chi connectivity index (χ1n) is 7.13. The largest absolute Gasteiger partial charge is 0.253 e. The number of pyridine rings is 1. The summed E-state index contributed by atoms with van der Waals surface area (Å²) in [6.45, 7) is 6.62. The molecule has 1 heterocycles. The molecule has 2 rings (SSSR count). The summed E-state index contributed by atoms with van der Waals surface area (Å²) in [4.78, 5) is 4.87. The molecule has 0 aliphatic carbocycles. The van der Waals surface area contributed by atoms with Crippen LogP contribution in [0.4, 0.5) is 0 Å². The van der Waals surface area contributed by atoms with Gasteiger partial charge in [0.1, 0.15) is 0 Å². The van der Waals surface area contributed by atoms with Gasteiger partial charge in [0, 0.05) is 11.1 Å². The van der Waals surface area contributed by atoms with Crippen LogP contribution >= 0.6 is 0 Å². The van der Waals surface area contributed by atoms with Gasteiger partial charge in [-0.1, -0.05) is 38.3 Å². The molecule has 0 saturated carbocycles. The first-order chi connectivity index (χ1) is 8.74. The van der Waals surface area contributed by atoms with E-state index in [9.17, 15) is 0 Å². The second-order valence-corrected chi connectivity index (χ2v) is 5.14. The number of aromatic nitrogens is 1. The maximum absolute atomic E-state index is 4.87. The Bertz CT molecular complexity index is 528. The molecule has 0 spiro atoms. The Labute approximate surface area is 110 Å². The highest BCUT2D eigenvalue weighted by molar-refractivity contribution is 5.80. The summed E-state index contributed by atoms with van der Waals surface area (Å²) in [5, 5.41) is 1.29. The van der Waals surface area contributed by atoms with E-state index in [2.05, 4.69) is 45.0 Å². The molecule has 1 heteroatoms. The third kappa shape index (κ3) is 2.90. The minimum atomic E-state index is 1.12. The van der Waals surface area contributed by atoms with Crippen LogP contribution in [0.3, 0.4) is 0 Å². The van der Waals surface area contributed by atoms with Gasteiger partial charge in [0.15, 0.2) is 0 Å². The summed E-state index contributed by atoms with van der Waals surface area (Å²) >= 11 is 0. The van der Waals surface area contributed by atoms with Crippen LogP contribution in [0, 0.1) is 6.92 Å². The fourth-order valence-electron chi connectivity index (χ4n) is 2.43. The number of rotatable bonds is 5. The predicted octanol–water partition coefficient (Wildman–Crippen LogP) is 4.84. The standard InChI is InChI=1S/C17H23N/c1-4-6-8-16-14(7-5-2)12-15-11-13(3)9-10-17(15)18-16/h9-12H,4-8H2,1-3H3. The average Bonchev–Trinajstić information content (AvgIpc) is 2.36. The molecule has 1 nitrogen and oxygen atoms in total. The predicted molar refractivity (Wildman–Crippen MR) is 79.1 cm³/mol. The van der Waals surface area contributed by atoms with E-state index in [0.717, 1.165) is 18.4 Å². The van der Waals surface area contributed by atoms with E-state index in [1.54, 1.807) is 0 Å². The zero-order valence-electron chi connectivity index (χ0n) is 11.8. The SMILES string of the molecule is CCCCc1nc2ccc(C)cc2cc1CCC. The minimum absolute atomic E-state index is 1.12. The Balaban J connectivity index is 2.46. The molecule has 0 unspecified atom stereocenters. The van der Waals surface area contributed by atoms with Gasteiger partial charge in [0.25, 0.3) is 0 Å². The summed E-state index contributed by atoms with van der Waals surface area (Å²) in [5.74, 6) is 0. The zero-order valence-corrected chi connectivity index (χ0v) is 11.8. The third-order valence-electron chi connectivity index (χ3n) is 3.43. The Hall–Kier alpha value is -1.37. The van der Waals surface area contributed by atoms with Crippen molar-refractivity contribution in [2.75, 3.05) is 0 Å². The van der Waals surface area contributed by atoms with Crippen molar-refractivity contribution in [3.05, 3.63) is 41.1 Å². The summed E-state index contributed by atoms with van der Waals surface area (Å²) in [5.41, 5.74) is 5.22. The Morgan fingerprint density at radius 3 is 2.56 bits per heavy atom. The van der Waals surface area contributed by atoms with Crippen LogP contribution in [0.25, 0.3) is 10.9 Å². The molecule has 96 valence electrons. The van der Waals surface area contributed by atoms with Crippen LogP contribution in [0.15, 0.2) is 24.3 Å². The van der Waals surface area contributed by atoms with Gasteiger partial charge in [-0.3, -0.25) is 4.98 Å². The lowest BCUT2D eigenvalue weighted by molar-refractivity contribution is 0.763. The van der Waals surface area contributed by atoms with Crippen molar-refractivity contribution < 1.29 is 0 Å². The minimum Gasteiger partial charge on any atom is -0.253 e. The number of benzene rings is 1. The molecule has 0 N–H and O–H groups in total. The van der Waals surface area contributed by atoms with E-state index in [4.69, 9.17) is 4.98 Å². The van der Waals surface area contributed by atoms with Crippen LogP contribution in [0.2, 0.25) is 0 Å². The van der Waals surface area contributed by atoms with E-state index < -0.39 is 0 Å². The molecule has 18 heavy (non-hydrogen) atoms. The molecule has 0 aliphatic rings. The monoisotopic (exact) mass is 241 g/mol. The quantitative estimate of drug-likeness (QED) is 0.730. The zero-order chi connectivity index (χ0) is 13.0. The van der Waals surface area contributed by atoms with Gasteiger partial charge in [-0.05, 0) is 49.9 Å². The summed E-state index contributed by atoms with van der Waals surface area (Å²) < 4.78 is 0. The van der Waals surface area contributed by atoms with E-state index in [1.807, 2.05) is 0 Å². The maximum Gasteiger partial charge on any atom is 0.0705 e. The van der Waals surface area contributed by atoms with Gasteiger partial charge in [-0.25, -0.2) is 0 Å². The number of fused-ring (bicyclic) bond motifs is 1. The highest BCUT2D eigenvalue weighted by Crippen LogP contribution is 2.20. The molecule has 0 atom stereocenters. The Kier molecular flexibility index (Phi) is 4.35. The third-order valence-corrected chi connectivity index (χ3v) is 3.43. The van der Waals surface area contributed by atoms with Crippen LogP contribution in [0.5, 0.6) is 0 Å². The molecule has 0 aliphatic heterocycles. The van der Waals surface area contributed by atoms with Crippen LogP contribution in [-0.4, -0.2) is 4.98 Å². The van der Waals surface area contributed by atoms with E-state index >= 15 is 0 Å². The van der Waals surface area contributed by atoms with Gasteiger partial charge in [0.05, 0.1) is 5.52 Å². The van der Waals surface area contributed by atoms with Gasteiger partial charge in [-0.15, -0.1) is 0 Å². The topological polar surface area (TPSA) is 12.9 Å². The highest BCUT2D eigenvalue weighted by atomic mass is 14.7. The molecule has 0 radical (unpaired) electrons. The van der Waals surface area contributed by atoms with Crippen molar-refractivity contribution in [1.29, 1.82) is 0 Å². The van der Waals surface area contributed by atoms with Gasteiger partial charge < -0.3 is 0 Å². The first-order valence-corrected chi connectivity index (χ1v) is 7.13. The first kappa shape index (κ1) is 13.1. The molecule has 0 amide bonds. The summed E-state index contributed by atoms with van der Waals surface area (Å²) in [6, 6.07) is 8.89. The van der Waals surface area contributed by atoms with Gasteiger partial charge >= 0.3 is 0 Å². The van der Waals surface area contributed by atoms with Crippen molar-refractivity contribution in [3.8, 4) is 0 Å². The second kappa shape index (κ2) is 5.99. The van der Waals surface area contributed by atoms with Crippen molar-refractivity contribution in [3.63, 3.8) is 0 Å². The second-order valence-electron chi connectivity index (χ2n) is 5.14. The lowest BCUT2D eigenvalue weighted by atomic mass is 10.0. The molecule has 0 bridgehead atoms. The average molecular weight is 241 g/mol. The molecule has 1 aromatic heterocycles. The van der Waals surface area contributed by atoms with Crippen molar-refractivity contribution in [2.24, 2.45) is 0 Å². The highest BCUT2D eigenvalue weighted by Gasteiger charge is 2.06. The number of unbranched alkanes of at least 4 members (excludes halogenated alkanes) is 1. The summed E-state index contributed by atoms with van der Waals surface area (Å²) in [6.07, 6.45) is 5.93. The van der Waals surface area contributed by atoms with Gasteiger partial charge in [-0.2, -0.15) is 0 Å². The molecule has 0 saturated heterocycles. The van der Waals surface area contributed by atoms with Crippen LogP contribution in [-0.2, 0) is 12.8 Å². The van der Waals surface area contributed by atoms with E-state index in [-0.39, 0.29) is 0 Å². The molecule has 2 aromatic rings. The number of hydrogen-bond donors (Lipinski definition) is 0. The maximum atomic E-state index is 4.87. The van der Waals surface area contributed by atoms with Crippen molar-refractivity contribution >= 4 is 10.9 Å². The van der Waals surface area contributed by atoms with Crippen LogP contribution in [0.1, 0.15) is 49.9 Å². The number of aryl methyl sites for hydroxylation is 3. The van der Waals surface area contributed by atoms with Crippen molar-refractivity contribution in [1.82, 2.24) is 4.98 Å². The molecular formula is C17H23N. The van der Waals surface area contributed by atoms with Crippen LogP contribution < -0.4 is 0 Å². The van der Waals surface area contributed by atoms with Gasteiger partial charge in [0.2, 0.25) is 0 Å². The fourth-order valence-corrected chi connectivity index (χ4v) is 2.43. The normalized spacial score (nSPS) is 11.1. The summed E-state index contributed by atoms with van der Waals surface area (Å²) in [7, 11) is 0. The molecular weight excluding hydrogens is 218 g/mol. The lowest BCUT2D eigenvalue weighted by Gasteiger charge is -2.10. The smallest absolute Gasteiger partial charge is 0.0705 e. The lowest BCUT2D eigenvalue weighted by Crippen LogP contribution is -1.99.